The van der Waals surface area contributed by atoms with Crippen molar-refractivity contribution in [1.29, 1.82) is 0 Å². The van der Waals surface area contributed by atoms with Crippen molar-refractivity contribution in [2.24, 2.45) is 0 Å². The summed E-state index contributed by atoms with van der Waals surface area (Å²) in [5.41, 5.74) is 2.93. The predicted molar refractivity (Wildman–Crippen MR) is 94.2 cm³/mol. The summed E-state index contributed by atoms with van der Waals surface area (Å²) in [6.07, 6.45) is 1.05. The zero-order valence-electron chi connectivity index (χ0n) is 13.9. The van der Waals surface area contributed by atoms with Crippen molar-refractivity contribution in [3.8, 4) is 16.9 Å². The number of carboxylic acid groups (broad SMARTS) is 1. The number of carboxylic acids is 1. The molecule has 0 spiro atoms. The van der Waals surface area contributed by atoms with E-state index in [0.717, 1.165) is 29.5 Å². The van der Waals surface area contributed by atoms with Crippen molar-refractivity contribution in [2.75, 3.05) is 6.61 Å². The molecule has 0 saturated carbocycles. The van der Waals surface area contributed by atoms with E-state index >= 15 is 0 Å². The van der Waals surface area contributed by atoms with Gasteiger partial charge in [-0.05, 0) is 35.2 Å². The van der Waals surface area contributed by atoms with Gasteiger partial charge in [-0.2, -0.15) is 0 Å². The van der Waals surface area contributed by atoms with Crippen LogP contribution in [0.1, 0.15) is 31.7 Å². The lowest BCUT2D eigenvalue weighted by Crippen LogP contribution is -2.16. The first-order valence-corrected chi connectivity index (χ1v) is 8.31. The zero-order valence-corrected chi connectivity index (χ0v) is 13.9. The Labute approximate surface area is 142 Å². The molecule has 0 bridgehead atoms. The predicted octanol–water partition coefficient (Wildman–Crippen LogP) is 3.91. The third kappa shape index (κ3) is 5.39. The lowest BCUT2D eigenvalue weighted by Gasteiger charge is -2.15. The van der Waals surface area contributed by atoms with Crippen LogP contribution < -0.4 is 4.74 Å². The molecule has 0 saturated heterocycles. The van der Waals surface area contributed by atoms with Crippen molar-refractivity contribution in [3.05, 3.63) is 54.1 Å². The zero-order chi connectivity index (χ0) is 17.4. The molecule has 0 amide bonds. The van der Waals surface area contributed by atoms with Gasteiger partial charge >= 0.3 is 5.97 Å². The van der Waals surface area contributed by atoms with Crippen LogP contribution in [0.2, 0.25) is 0 Å². The molecule has 0 heterocycles. The third-order valence-corrected chi connectivity index (χ3v) is 3.79. The summed E-state index contributed by atoms with van der Waals surface area (Å²) in [4.78, 5) is 10.8. The van der Waals surface area contributed by atoms with Gasteiger partial charge in [0.05, 0.1) is 19.1 Å². The molecule has 0 aromatic heterocycles. The van der Waals surface area contributed by atoms with E-state index in [1.807, 2.05) is 48.5 Å². The van der Waals surface area contributed by atoms with Gasteiger partial charge in [0.2, 0.25) is 0 Å². The number of hydrogen-bond acceptors (Lipinski definition) is 3. The Hall–Kier alpha value is -2.33. The summed E-state index contributed by atoms with van der Waals surface area (Å²) in [5, 5.41) is 18.8. The molecule has 0 aliphatic heterocycles. The van der Waals surface area contributed by atoms with E-state index in [2.05, 4.69) is 6.92 Å². The van der Waals surface area contributed by atoms with E-state index in [1.54, 1.807) is 0 Å². The summed E-state index contributed by atoms with van der Waals surface area (Å²) < 4.78 is 5.82. The number of hydrogen-bond donors (Lipinski definition) is 2. The van der Waals surface area contributed by atoms with Gasteiger partial charge in [0.25, 0.3) is 0 Å². The summed E-state index contributed by atoms with van der Waals surface area (Å²) in [6, 6.07) is 15.8. The molecule has 0 aliphatic rings. The van der Waals surface area contributed by atoms with Crippen LogP contribution in [0.3, 0.4) is 0 Å². The highest BCUT2D eigenvalue weighted by atomic mass is 16.5. The third-order valence-electron chi connectivity index (χ3n) is 3.79. The maximum Gasteiger partial charge on any atom is 0.305 e. The Kier molecular flexibility index (Phi) is 6.82. The van der Waals surface area contributed by atoms with Crippen molar-refractivity contribution in [3.63, 3.8) is 0 Å². The molecule has 128 valence electrons. The topological polar surface area (TPSA) is 66.8 Å². The van der Waals surface area contributed by atoms with Crippen LogP contribution in [0.15, 0.2) is 48.5 Å². The van der Waals surface area contributed by atoms with Crippen molar-refractivity contribution in [1.82, 2.24) is 0 Å². The second kappa shape index (κ2) is 9.08. The highest BCUT2D eigenvalue weighted by Crippen LogP contribution is 2.28. The van der Waals surface area contributed by atoms with Crippen LogP contribution in [0.4, 0.5) is 0 Å². The second-order valence-electron chi connectivity index (χ2n) is 5.85. The summed E-state index contributed by atoms with van der Waals surface area (Å²) in [6.45, 7) is 2.71. The number of aliphatic hydroxyl groups excluding tert-OH is 1. The number of ether oxygens (including phenoxy) is 1. The minimum Gasteiger partial charge on any atom is -0.493 e. The quantitative estimate of drug-likeness (QED) is 0.685. The standard InChI is InChI=1S/C20H24O4/c1-2-3-11-24-19-10-9-16(15-7-5-4-6-8-15)12-17(19)13-18(21)14-20(22)23/h4-10,12,18,21H,2-3,11,13-14H2,1H3,(H,22,23). The molecule has 24 heavy (non-hydrogen) atoms. The van der Waals surface area contributed by atoms with Crippen LogP contribution in [-0.4, -0.2) is 28.9 Å². The minimum absolute atomic E-state index is 0.258. The van der Waals surface area contributed by atoms with Gasteiger partial charge in [0.15, 0.2) is 0 Å². The molecule has 4 nitrogen and oxygen atoms in total. The van der Waals surface area contributed by atoms with Gasteiger partial charge in [0, 0.05) is 6.42 Å². The fourth-order valence-electron chi connectivity index (χ4n) is 2.54. The number of unbranched alkanes of at least 4 members (excludes halogenated alkanes) is 1. The lowest BCUT2D eigenvalue weighted by molar-refractivity contribution is -0.139. The van der Waals surface area contributed by atoms with Crippen LogP contribution in [0, 0.1) is 0 Å². The van der Waals surface area contributed by atoms with E-state index in [9.17, 15) is 9.90 Å². The lowest BCUT2D eigenvalue weighted by atomic mass is 9.98. The van der Waals surface area contributed by atoms with E-state index in [0.29, 0.717) is 12.4 Å². The van der Waals surface area contributed by atoms with E-state index < -0.39 is 12.1 Å². The number of rotatable bonds is 9. The maximum absolute atomic E-state index is 10.8. The summed E-state index contributed by atoms with van der Waals surface area (Å²) in [7, 11) is 0. The van der Waals surface area contributed by atoms with Crippen LogP contribution in [0.5, 0.6) is 5.75 Å². The highest BCUT2D eigenvalue weighted by molar-refractivity contribution is 5.68. The fraction of sp³-hybridized carbons (Fsp3) is 0.350. The van der Waals surface area contributed by atoms with E-state index in [1.165, 1.54) is 0 Å². The fourth-order valence-corrected chi connectivity index (χ4v) is 2.54. The Morgan fingerprint density at radius 1 is 1.12 bits per heavy atom. The molecular weight excluding hydrogens is 304 g/mol. The van der Waals surface area contributed by atoms with Crippen LogP contribution in [-0.2, 0) is 11.2 Å². The molecule has 2 N–H and O–H groups in total. The minimum atomic E-state index is -1.00. The molecule has 2 rings (SSSR count). The Bertz CT molecular complexity index is 652. The molecule has 0 aliphatic carbocycles. The highest BCUT2D eigenvalue weighted by Gasteiger charge is 2.14. The van der Waals surface area contributed by atoms with Gasteiger partial charge in [0.1, 0.15) is 5.75 Å². The molecule has 1 unspecified atom stereocenters. The van der Waals surface area contributed by atoms with Gasteiger partial charge in [-0.3, -0.25) is 4.79 Å². The Morgan fingerprint density at radius 2 is 1.88 bits per heavy atom. The average Bonchev–Trinajstić information content (AvgIpc) is 2.56. The Morgan fingerprint density at radius 3 is 2.54 bits per heavy atom. The van der Waals surface area contributed by atoms with Gasteiger partial charge < -0.3 is 14.9 Å². The monoisotopic (exact) mass is 328 g/mol. The molecular formula is C20H24O4. The number of benzene rings is 2. The average molecular weight is 328 g/mol. The normalized spacial score (nSPS) is 11.9. The van der Waals surface area contributed by atoms with E-state index in [-0.39, 0.29) is 12.8 Å². The summed E-state index contributed by atoms with van der Waals surface area (Å²) in [5.74, 6) is -0.289. The SMILES string of the molecule is CCCCOc1ccc(-c2ccccc2)cc1CC(O)CC(=O)O. The molecule has 0 radical (unpaired) electrons. The first-order valence-electron chi connectivity index (χ1n) is 8.31. The smallest absolute Gasteiger partial charge is 0.305 e. The summed E-state index contributed by atoms with van der Waals surface area (Å²) >= 11 is 0. The first kappa shape index (κ1) is 18.0. The van der Waals surface area contributed by atoms with E-state index in [4.69, 9.17) is 9.84 Å². The Balaban J connectivity index is 2.25. The van der Waals surface area contributed by atoms with Crippen molar-refractivity contribution < 1.29 is 19.7 Å². The molecule has 2 aromatic carbocycles. The van der Waals surface area contributed by atoms with Crippen LogP contribution >= 0.6 is 0 Å². The molecule has 2 aromatic rings. The second-order valence-corrected chi connectivity index (χ2v) is 5.85. The van der Waals surface area contributed by atoms with Gasteiger partial charge in [-0.15, -0.1) is 0 Å². The van der Waals surface area contributed by atoms with Gasteiger partial charge in [-0.1, -0.05) is 49.7 Å². The maximum atomic E-state index is 10.8. The number of carbonyl (C=O) groups is 1. The van der Waals surface area contributed by atoms with Gasteiger partial charge in [-0.25, -0.2) is 0 Å². The first-order chi connectivity index (χ1) is 11.6. The molecule has 1 atom stereocenters. The molecule has 4 heteroatoms. The number of aliphatic hydroxyl groups is 1. The largest absolute Gasteiger partial charge is 0.493 e. The molecule has 0 fully saturated rings. The van der Waals surface area contributed by atoms with Crippen molar-refractivity contribution in [2.45, 2.75) is 38.7 Å². The van der Waals surface area contributed by atoms with Crippen LogP contribution in [0.25, 0.3) is 11.1 Å². The number of aliphatic carboxylic acids is 1. The van der Waals surface area contributed by atoms with Crippen molar-refractivity contribution >= 4 is 5.97 Å².